The fraction of sp³-hybridized carbons (Fsp3) is 0.500. The van der Waals surface area contributed by atoms with Gasteiger partial charge in [0.2, 0.25) is 0 Å². The predicted octanol–water partition coefficient (Wildman–Crippen LogP) is 4.12. The molecule has 19 heavy (non-hydrogen) atoms. The van der Waals surface area contributed by atoms with E-state index in [1.54, 1.807) is 12.1 Å². The van der Waals surface area contributed by atoms with Crippen LogP contribution in [0.1, 0.15) is 54.9 Å². The van der Waals surface area contributed by atoms with Crippen molar-refractivity contribution in [3.8, 4) is 0 Å². The van der Waals surface area contributed by atoms with Gasteiger partial charge in [-0.1, -0.05) is 45.2 Å². The minimum Gasteiger partial charge on any atom is -0.293 e. The minimum absolute atomic E-state index is 0.321. The number of carbonyl (C=O) groups excluding carboxylic acids is 1. The average molecular weight is 263 g/mol. The molecular formula is C16H23O3. The third-order valence-corrected chi connectivity index (χ3v) is 2.87. The maximum absolute atomic E-state index is 11.6. The maximum Gasteiger partial charge on any atom is 0.373 e. The van der Waals surface area contributed by atoms with Crippen molar-refractivity contribution in [2.75, 3.05) is 6.61 Å². The summed E-state index contributed by atoms with van der Waals surface area (Å²) in [4.78, 5) is 20.9. The van der Waals surface area contributed by atoms with E-state index < -0.39 is 5.97 Å². The van der Waals surface area contributed by atoms with Crippen LogP contribution < -0.4 is 0 Å². The van der Waals surface area contributed by atoms with Crippen molar-refractivity contribution in [1.29, 1.82) is 0 Å². The van der Waals surface area contributed by atoms with Crippen LogP contribution >= 0.6 is 0 Å². The molecule has 0 spiro atoms. The Balaban J connectivity index is 2.36. The SMILES string of the molecule is [CH2]CCOOC(=O)c1ccc(CCCCCC)cc1. The third-order valence-electron chi connectivity index (χ3n) is 2.87. The summed E-state index contributed by atoms with van der Waals surface area (Å²) in [5.41, 5.74) is 1.77. The number of hydrogen-bond acceptors (Lipinski definition) is 3. The molecule has 105 valence electrons. The fourth-order valence-electron chi connectivity index (χ4n) is 1.77. The van der Waals surface area contributed by atoms with Gasteiger partial charge in [-0.25, -0.2) is 4.79 Å². The minimum atomic E-state index is -0.453. The Morgan fingerprint density at radius 1 is 1.16 bits per heavy atom. The normalized spacial score (nSPS) is 10.4. The number of aryl methyl sites for hydroxylation is 1. The first-order chi connectivity index (χ1) is 9.27. The zero-order chi connectivity index (χ0) is 13.9. The summed E-state index contributed by atoms with van der Waals surface area (Å²) >= 11 is 0. The van der Waals surface area contributed by atoms with Crippen LogP contribution in [-0.4, -0.2) is 12.6 Å². The topological polar surface area (TPSA) is 35.5 Å². The van der Waals surface area contributed by atoms with Crippen LogP contribution in [0.2, 0.25) is 0 Å². The Kier molecular flexibility index (Phi) is 7.91. The summed E-state index contributed by atoms with van der Waals surface area (Å²) in [6.45, 7) is 6.12. The van der Waals surface area contributed by atoms with E-state index in [1.807, 2.05) is 12.1 Å². The van der Waals surface area contributed by atoms with Crippen molar-refractivity contribution < 1.29 is 14.6 Å². The summed E-state index contributed by atoms with van der Waals surface area (Å²) in [6.07, 6.45) is 6.63. The summed E-state index contributed by atoms with van der Waals surface area (Å²) in [5, 5.41) is 0. The van der Waals surface area contributed by atoms with Crippen LogP contribution in [0.4, 0.5) is 0 Å². The van der Waals surface area contributed by atoms with Gasteiger partial charge in [-0.2, -0.15) is 4.89 Å². The number of unbranched alkanes of at least 4 members (excludes halogenated alkanes) is 3. The smallest absolute Gasteiger partial charge is 0.293 e. The predicted molar refractivity (Wildman–Crippen MR) is 75.6 cm³/mol. The molecular weight excluding hydrogens is 240 g/mol. The van der Waals surface area contributed by atoms with E-state index in [2.05, 4.69) is 18.7 Å². The molecule has 0 bridgehead atoms. The van der Waals surface area contributed by atoms with Crippen LogP contribution in [0, 0.1) is 6.92 Å². The van der Waals surface area contributed by atoms with Crippen molar-refractivity contribution >= 4 is 5.97 Å². The van der Waals surface area contributed by atoms with E-state index in [4.69, 9.17) is 4.89 Å². The molecule has 0 fully saturated rings. The van der Waals surface area contributed by atoms with Gasteiger partial charge in [0.25, 0.3) is 0 Å². The van der Waals surface area contributed by atoms with Crippen molar-refractivity contribution in [2.45, 2.75) is 45.4 Å². The second kappa shape index (κ2) is 9.56. The molecule has 0 heterocycles. The molecule has 0 unspecified atom stereocenters. The molecule has 1 radical (unpaired) electrons. The lowest BCUT2D eigenvalue weighted by atomic mass is 10.0. The molecule has 0 atom stereocenters. The Hall–Kier alpha value is -1.35. The van der Waals surface area contributed by atoms with Crippen molar-refractivity contribution in [2.24, 2.45) is 0 Å². The van der Waals surface area contributed by atoms with Crippen molar-refractivity contribution in [3.63, 3.8) is 0 Å². The van der Waals surface area contributed by atoms with Gasteiger partial charge < -0.3 is 0 Å². The molecule has 0 aliphatic carbocycles. The lowest BCUT2D eigenvalue weighted by molar-refractivity contribution is -0.239. The zero-order valence-corrected chi connectivity index (χ0v) is 11.7. The lowest BCUT2D eigenvalue weighted by Gasteiger charge is -2.04. The zero-order valence-electron chi connectivity index (χ0n) is 11.7. The van der Waals surface area contributed by atoms with E-state index in [1.165, 1.54) is 31.2 Å². The van der Waals surface area contributed by atoms with Gasteiger partial charge in [-0.3, -0.25) is 4.89 Å². The van der Waals surface area contributed by atoms with Crippen molar-refractivity contribution in [3.05, 3.63) is 42.3 Å². The van der Waals surface area contributed by atoms with Crippen LogP contribution in [-0.2, 0) is 16.2 Å². The van der Waals surface area contributed by atoms with Crippen LogP contribution in [0.25, 0.3) is 0 Å². The van der Waals surface area contributed by atoms with E-state index in [0.717, 1.165) is 6.42 Å². The van der Waals surface area contributed by atoms with E-state index in [0.29, 0.717) is 18.6 Å². The Morgan fingerprint density at radius 3 is 2.53 bits per heavy atom. The molecule has 1 aromatic carbocycles. The summed E-state index contributed by atoms with van der Waals surface area (Å²) in [5.74, 6) is -0.453. The first-order valence-electron chi connectivity index (χ1n) is 7.00. The number of hydrogen-bond donors (Lipinski definition) is 0. The molecule has 0 amide bonds. The molecule has 1 rings (SSSR count). The molecule has 1 aromatic rings. The van der Waals surface area contributed by atoms with Gasteiger partial charge in [0.15, 0.2) is 0 Å². The van der Waals surface area contributed by atoms with Gasteiger partial charge in [0.05, 0.1) is 12.2 Å². The molecule has 0 saturated carbocycles. The van der Waals surface area contributed by atoms with Crippen molar-refractivity contribution in [1.82, 2.24) is 0 Å². The Bertz CT molecular complexity index is 357. The van der Waals surface area contributed by atoms with Crippen LogP contribution in [0.15, 0.2) is 24.3 Å². The highest BCUT2D eigenvalue weighted by molar-refractivity contribution is 5.88. The molecule has 0 aliphatic rings. The molecule has 3 heteroatoms. The van der Waals surface area contributed by atoms with E-state index in [9.17, 15) is 4.79 Å². The van der Waals surface area contributed by atoms with Gasteiger partial charge in [-0.05, 0) is 37.0 Å². The van der Waals surface area contributed by atoms with Gasteiger partial charge >= 0.3 is 5.97 Å². The summed E-state index contributed by atoms with van der Waals surface area (Å²) in [6, 6.07) is 7.52. The number of rotatable bonds is 9. The van der Waals surface area contributed by atoms with Gasteiger partial charge in [0.1, 0.15) is 0 Å². The molecule has 0 saturated heterocycles. The highest BCUT2D eigenvalue weighted by Gasteiger charge is 2.07. The van der Waals surface area contributed by atoms with Gasteiger partial charge in [0, 0.05) is 0 Å². The fourth-order valence-corrected chi connectivity index (χ4v) is 1.77. The highest BCUT2D eigenvalue weighted by Crippen LogP contribution is 2.10. The second-order valence-corrected chi connectivity index (χ2v) is 4.55. The maximum atomic E-state index is 11.6. The Labute approximate surface area is 115 Å². The highest BCUT2D eigenvalue weighted by atomic mass is 17.2. The molecule has 0 aliphatic heterocycles. The summed E-state index contributed by atoms with van der Waals surface area (Å²) < 4.78 is 0. The molecule has 3 nitrogen and oxygen atoms in total. The summed E-state index contributed by atoms with van der Waals surface area (Å²) in [7, 11) is 0. The monoisotopic (exact) mass is 263 g/mol. The number of benzene rings is 1. The quantitative estimate of drug-likeness (QED) is 0.382. The average Bonchev–Trinajstić information content (AvgIpc) is 2.44. The van der Waals surface area contributed by atoms with E-state index >= 15 is 0 Å². The standard InChI is InChI=1S/C16H23O3/c1-3-5-6-7-8-14-9-11-15(12-10-14)16(17)19-18-13-4-2/h9-12H,2-8,13H2,1H3. The first-order valence-corrected chi connectivity index (χ1v) is 7.00. The van der Waals surface area contributed by atoms with Crippen LogP contribution in [0.5, 0.6) is 0 Å². The Morgan fingerprint density at radius 2 is 1.89 bits per heavy atom. The third kappa shape index (κ3) is 6.39. The van der Waals surface area contributed by atoms with E-state index in [-0.39, 0.29) is 0 Å². The first kappa shape index (κ1) is 15.7. The van der Waals surface area contributed by atoms with Gasteiger partial charge in [-0.15, -0.1) is 0 Å². The second-order valence-electron chi connectivity index (χ2n) is 4.55. The molecule has 0 N–H and O–H groups in total. The largest absolute Gasteiger partial charge is 0.373 e. The molecule has 0 aromatic heterocycles. The lowest BCUT2D eigenvalue weighted by Crippen LogP contribution is -2.06. The number of carbonyl (C=O) groups is 1. The van der Waals surface area contributed by atoms with Crippen LogP contribution in [0.3, 0.4) is 0 Å².